The maximum atomic E-state index is 6.01. The molecule has 1 aliphatic rings. The summed E-state index contributed by atoms with van der Waals surface area (Å²) in [5, 5.41) is 3.03. The van der Waals surface area contributed by atoms with Crippen LogP contribution in [-0.4, -0.2) is 29.2 Å². The maximum Gasteiger partial charge on any atom is 0.212 e. The molecule has 0 unspecified atom stereocenters. The Hall–Kier alpha value is -3.00. The molecule has 8 heteroatoms. The summed E-state index contributed by atoms with van der Waals surface area (Å²) in [6, 6.07) is 11.7. The summed E-state index contributed by atoms with van der Waals surface area (Å²) in [5.74, 6) is 2.17. The zero-order valence-corrected chi connectivity index (χ0v) is 16.2. The molecule has 0 radical (unpaired) electrons. The van der Waals surface area contributed by atoms with Crippen molar-refractivity contribution in [3.63, 3.8) is 0 Å². The number of anilines is 1. The average molecular weight is 428 g/mol. The van der Waals surface area contributed by atoms with Gasteiger partial charge in [-0.1, -0.05) is 24.8 Å². The number of nitrogens with zero attached hydrogens (tertiary/aromatic N) is 3. The van der Waals surface area contributed by atoms with Crippen LogP contribution in [0.15, 0.2) is 58.5 Å². The minimum Gasteiger partial charge on any atom is -0.493 e. The van der Waals surface area contributed by atoms with Crippen LogP contribution >= 0.6 is 15.9 Å². The number of fused-ring (bicyclic) bond motifs is 3. The summed E-state index contributed by atoms with van der Waals surface area (Å²) < 4.78 is 14.0. The highest BCUT2D eigenvalue weighted by Crippen LogP contribution is 2.41. The largest absolute Gasteiger partial charge is 0.493 e. The van der Waals surface area contributed by atoms with Crippen LogP contribution in [0, 0.1) is 0 Å². The lowest BCUT2D eigenvalue weighted by Crippen LogP contribution is -2.31. The number of ether oxygens (including phenoxy) is 2. The Morgan fingerprint density at radius 3 is 2.96 bits per heavy atom. The fourth-order valence-electron chi connectivity index (χ4n) is 3.11. The molecule has 0 saturated heterocycles. The van der Waals surface area contributed by atoms with Crippen molar-refractivity contribution in [3.8, 4) is 11.5 Å². The van der Waals surface area contributed by atoms with Gasteiger partial charge in [-0.15, -0.1) is 0 Å². The number of nitrogens with two attached hydrogens (primary N) is 1. The zero-order valence-electron chi connectivity index (χ0n) is 14.6. The first-order chi connectivity index (χ1) is 13.1. The van der Waals surface area contributed by atoms with Gasteiger partial charge < -0.3 is 15.2 Å². The van der Waals surface area contributed by atoms with Gasteiger partial charge in [-0.25, -0.2) is 9.98 Å². The van der Waals surface area contributed by atoms with Crippen LogP contribution in [0.5, 0.6) is 11.5 Å². The Morgan fingerprint density at radius 2 is 2.19 bits per heavy atom. The lowest BCUT2D eigenvalue weighted by molar-refractivity contribution is 0.324. The lowest BCUT2D eigenvalue weighted by atomic mass is 10.1. The first-order valence-corrected chi connectivity index (χ1v) is 9.10. The summed E-state index contributed by atoms with van der Waals surface area (Å²) in [4.78, 5) is 9.21. The normalized spacial score (nSPS) is 15.6. The van der Waals surface area contributed by atoms with Crippen molar-refractivity contribution in [2.45, 2.75) is 6.17 Å². The number of rotatable bonds is 5. The first kappa shape index (κ1) is 17.4. The number of para-hydroxylation sites is 2. The van der Waals surface area contributed by atoms with E-state index in [1.807, 2.05) is 41.0 Å². The Morgan fingerprint density at radius 1 is 1.37 bits per heavy atom. The number of nitrogens with one attached hydrogen (secondary N) is 1. The second-order valence-corrected chi connectivity index (χ2v) is 6.80. The Balaban J connectivity index is 1.87. The highest BCUT2D eigenvalue weighted by Gasteiger charge is 2.26. The van der Waals surface area contributed by atoms with E-state index in [1.165, 1.54) is 0 Å². The molecule has 1 aromatic heterocycles. The number of hydrogen-bond donors (Lipinski definition) is 2. The zero-order chi connectivity index (χ0) is 19.0. The maximum absolute atomic E-state index is 6.01. The fraction of sp³-hybridized carbons (Fsp3) is 0.158. The predicted molar refractivity (Wildman–Crippen MR) is 110 cm³/mol. The van der Waals surface area contributed by atoms with Crippen LogP contribution in [0.25, 0.3) is 11.0 Å². The number of imidazole rings is 1. The molecule has 27 heavy (non-hydrogen) atoms. The van der Waals surface area contributed by atoms with Crippen LogP contribution in [0.1, 0.15) is 11.7 Å². The topological polar surface area (TPSA) is 86.7 Å². The van der Waals surface area contributed by atoms with E-state index >= 15 is 0 Å². The number of hydrogen-bond acceptors (Lipinski definition) is 6. The van der Waals surface area contributed by atoms with E-state index in [4.69, 9.17) is 15.2 Å². The van der Waals surface area contributed by atoms with E-state index in [2.05, 4.69) is 37.8 Å². The quantitative estimate of drug-likeness (QED) is 0.606. The van der Waals surface area contributed by atoms with Crippen molar-refractivity contribution in [2.75, 3.05) is 19.0 Å². The second kappa shape index (κ2) is 6.96. The molecule has 3 N–H and O–H groups in total. The van der Waals surface area contributed by atoms with E-state index in [0.29, 0.717) is 30.0 Å². The fourth-order valence-corrected chi connectivity index (χ4v) is 3.69. The van der Waals surface area contributed by atoms with Gasteiger partial charge in [-0.2, -0.15) is 0 Å². The molecule has 7 nitrogen and oxygen atoms in total. The molecule has 2 heterocycles. The van der Waals surface area contributed by atoms with Gasteiger partial charge in [0, 0.05) is 5.56 Å². The van der Waals surface area contributed by atoms with Gasteiger partial charge in [0.2, 0.25) is 5.95 Å². The Labute approximate surface area is 164 Å². The first-order valence-electron chi connectivity index (χ1n) is 8.30. The van der Waals surface area contributed by atoms with Crippen molar-refractivity contribution < 1.29 is 9.47 Å². The molecule has 1 aliphatic heterocycles. The minimum atomic E-state index is -0.382. The van der Waals surface area contributed by atoms with Gasteiger partial charge in [0.25, 0.3) is 0 Å². The highest BCUT2D eigenvalue weighted by atomic mass is 79.9. The number of aliphatic imine (C=N–C) groups is 1. The Kier molecular flexibility index (Phi) is 4.49. The molecule has 138 valence electrons. The summed E-state index contributed by atoms with van der Waals surface area (Å²) >= 11 is 3.57. The van der Waals surface area contributed by atoms with Crippen molar-refractivity contribution in [1.82, 2.24) is 9.55 Å². The molecule has 0 spiro atoms. The molecule has 0 aliphatic carbocycles. The van der Waals surface area contributed by atoms with Crippen LogP contribution in [0.4, 0.5) is 5.95 Å². The number of methoxy groups -OCH3 is 1. The van der Waals surface area contributed by atoms with Gasteiger partial charge in [0.15, 0.2) is 23.6 Å². The van der Waals surface area contributed by atoms with E-state index in [9.17, 15) is 0 Å². The van der Waals surface area contributed by atoms with E-state index < -0.39 is 0 Å². The number of benzene rings is 2. The number of guanidine groups is 1. The molecule has 1 atom stereocenters. The van der Waals surface area contributed by atoms with E-state index in [1.54, 1.807) is 13.2 Å². The molecule has 2 aromatic carbocycles. The molecule has 0 amide bonds. The SMILES string of the molecule is C=CCOc1c(Br)cc([C@@H]2N=C(N)Nc3nc4ccccc4n32)cc1OC. The van der Waals surface area contributed by atoms with Crippen molar-refractivity contribution in [1.29, 1.82) is 0 Å². The van der Waals surface area contributed by atoms with E-state index in [-0.39, 0.29) is 6.17 Å². The molecular formula is C19H18BrN5O2. The smallest absolute Gasteiger partial charge is 0.212 e. The van der Waals surface area contributed by atoms with Crippen LogP contribution < -0.4 is 20.5 Å². The highest BCUT2D eigenvalue weighted by molar-refractivity contribution is 9.10. The second-order valence-electron chi connectivity index (χ2n) is 5.94. The molecule has 3 aromatic rings. The average Bonchev–Trinajstić information content (AvgIpc) is 3.03. The van der Waals surface area contributed by atoms with Crippen LogP contribution in [0.3, 0.4) is 0 Å². The molecule has 0 saturated carbocycles. The lowest BCUT2D eigenvalue weighted by Gasteiger charge is -2.25. The Bertz CT molecular complexity index is 1060. The van der Waals surface area contributed by atoms with Gasteiger partial charge in [-0.3, -0.25) is 9.88 Å². The molecular weight excluding hydrogens is 410 g/mol. The van der Waals surface area contributed by atoms with Gasteiger partial charge in [0.1, 0.15) is 6.61 Å². The molecule has 0 fully saturated rings. The third-order valence-corrected chi connectivity index (χ3v) is 4.83. The molecule has 0 bridgehead atoms. The van der Waals surface area contributed by atoms with Crippen LogP contribution in [-0.2, 0) is 0 Å². The molecule has 4 rings (SSSR count). The monoisotopic (exact) mass is 427 g/mol. The predicted octanol–water partition coefficient (Wildman–Crippen LogP) is 3.66. The standard InChI is InChI=1S/C19H18BrN5O2/c1-3-8-27-16-12(20)9-11(10-15(16)26-2)17-23-18(21)24-19-22-13-6-4-5-7-14(13)25(17)19/h3-7,9-10,17H,1,8H2,2H3,(H3,21,22,23,24)/t17-/m1/s1. The van der Waals surface area contributed by atoms with Gasteiger partial charge in [-0.05, 0) is 40.2 Å². The van der Waals surface area contributed by atoms with Crippen molar-refractivity contribution in [3.05, 3.63) is 59.1 Å². The number of halogens is 1. The summed E-state index contributed by atoms with van der Waals surface area (Å²) in [5.41, 5.74) is 8.73. The van der Waals surface area contributed by atoms with Crippen molar-refractivity contribution >= 4 is 38.9 Å². The van der Waals surface area contributed by atoms with E-state index in [0.717, 1.165) is 21.1 Å². The third-order valence-electron chi connectivity index (χ3n) is 4.24. The van der Waals surface area contributed by atoms with Gasteiger partial charge >= 0.3 is 0 Å². The number of aromatic nitrogens is 2. The minimum absolute atomic E-state index is 0.310. The summed E-state index contributed by atoms with van der Waals surface area (Å²) in [6.07, 6.45) is 1.30. The summed E-state index contributed by atoms with van der Waals surface area (Å²) in [7, 11) is 1.60. The van der Waals surface area contributed by atoms with Crippen LogP contribution in [0.2, 0.25) is 0 Å². The van der Waals surface area contributed by atoms with Gasteiger partial charge in [0.05, 0.1) is 22.6 Å². The third kappa shape index (κ3) is 3.02. The summed E-state index contributed by atoms with van der Waals surface area (Å²) in [6.45, 7) is 4.06. The van der Waals surface area contributed by atoms with Crippen molar-refractivity contribution in [2.24, 2.45) is 10.7 Å².